The summed E-state index contributed by atoms with van der Waals surface area (Å²) in [5, 5.41) is 3.68. The van der Waals surface area contributed by atoms with Crippen LogP contribution in [0.5, 0.6) is 11.5 Å². The van der Waals surface area contributed by atoms with E-state index in [-0.39, 0.29) is 6.61 Å². The second-order valence-corrected chi connectivity index (χ2v) is 7.08. The molecule has 0 fully saturated rings. The first-order chi connectivity index (χ1) is 13.1. The predicted molar refractivity (Wildman–Crippen MR) is 110 cm³/mol. The molecule has 0 unspecified atom stereocenters. The Bertz CT molecular complexity index is 901. The van der Waals surface area contributed by atoms with Crippen molar-refractivity contribution in [2.75, 3.05) is 12.4 Å². The molecule has 140 valence electrons. The van der Waals surface area contributed by atoms with Crippen molar-refractivity contribution in [3.8, 4) is 11.5 Å². The van der Waals surface area contributed by atoms with E-state index in [1.54, 1.807) is 19.2 Å². The van der Waals surface area contributed by atoms with Crippen LogP contribution in [0.2, 0.25) is 5.02 Å². The largest absolute Gasteiger partial charge is 0.493 e. The molecule has 6 heteroatoms. The highest BCUT2D eigenvalue weighted by Crippen LogP contribution is 2.38. The summed E-state index contributed by atoms with van der Waals surface area (Å²) in [6.45, 7) is 0.625. The number of ether oxygens (including phenoxy) is 2. The quantitative estimate of drug-likeness (QED) is 0.449. The molecule has 0 aromatic heterocycles. The number of methoxy groups -OCH3 is 1. The average Bonchev–Trinajstić information content (AvgIpc) is 2.67. The summed E-state index contributed by atoms with van der Waals surface area (Å²) in [6.07, 6.45) is 0. The topological polar surface area (TPSA) is 30.5 Å². The molecule has 3 aromatic rings. The highest BCUT2D eigenvalue weighted by atomic mass is 79.9. The minimum atomic E-state index is -0.402. The van der Waals surface area contributed by atoms with Crippen molar-refractivity contribution < 1.29 is 13.9 Å². The number of nitrogens with one attached hydrogen (secondary N) is 1. The Morgan fingerprint density at radius 1 is 1.07 bits per heavy atom. The van der Waals surface area contributed by atoms with Crippen LogP contribution in [0, 0.1) is 5.82 Å². The Morgan fingerprint density at radius 2 is 1.85 bits per heavy atom. The van der Waals surface area contributed by atoms with Gasteiger partial charge in [0.15, 0.2) is 11.5 Å². The van der Waals surface area contributed by atoms with Gasteiger partial charge in [0.25, 0.3) is 0 Å². The smallest absolute Gasteiger partial charge is 0.175 e. The number of para-hydroxylation sites is 1. The van der Waals surface area contributed by atoms with Crippen LogP contribution in [0.15, 0.2) is 65.1 Å². The summed E-state index contributed by atoms with van der Waals surface area (Å²) in [5.74, 6) is 0.656. The van der Waals surface area contributed by atoms with E-state index >= 15 is 0 Å². The van der Waals surface area contributed by atoms with Gasteiger partial charge in [-0.05, 0) is 57.9 Å². The van der Waals surface area contributed by atoms with Crippen molar-refractivity contribution in [2.24, 2.45) is 0 Å². The molecule has 27 heavy (non-hydrogen) atoms. The molecule has 0 atom stereocenters. The van der Waals surface area contributed by atoms with Crippen LogP contribution in [0.4, 0.5) is 10.1 Å². The Morgan fingerprint density at radius 3 is 2.56 bits per heavy atom. The second kappa shape index (κ2) is 9.11. The van der Waals surface area contributed by atoms with Crippen molar-refractivity contribution in [1.82, 2.24) is 0 Å². The van der Waals surface area contributed by atoms with Gasteiger partial charge in [-0.25, -0.2) is 4.39 Å². The second-order valence-electron chi connectivity index (χ2n) is 5.82. The van der Waals surface area contributed by atoms with Gasteiger partial charge in [-0.1, -0.05) is 35.9 Å². The summed E-state index contributed by atoms with van der Waals surface area (Å²) >= 11 is 9.58. The van der Waals surface area contributed by atoms with E-state index in [2.05, 4.69) is 21.2 Å². The number of rotatable bonds is 7. The molecular weight excluding hydrogens is 433 g/mol. The van der Waals surface area contributed by atoms with Crippen LogP contribution in [-0.4, -0.2) is 7.11 Å². The molecule has 0 aliphatic rings. The molecule has 0 bridgehead atoms. The molecule has 0 radical (unpaired) electrons. The van der Waals surface area contributed by atoms with Gasteiger partial charge in [-0.2, -0.15) is 0 Å². The van der Waals surface area contributed by atoms with E-state index in [0.717, 1.165) is 15.7 Å². The predicted octanol–water partition coefficient (Wildman–Crippen LogP) is 6.44. The Balaban J connectivity index is 1.76. The lowest BCUT2D eigenvalue weighted by Crippen LogP contribution is -2.04. The monoisotopic (exact) mass is 449 g/mol. The minimum absolute atomic E-state index is 0.00206. The number of benzene rings is 3. The molecule has 3 nitrogen and oxygen atoms in total. The van der Waals surface area contributed by atoms with Crippen LogP contribution in [-0.2, 0) is 13.2 Å². The number of hydrogen-bond donors (Lipinski definition) is 1. The molecule has 3 rings (SSSR count). The number of anilines is 1. The van der Waals surface area contributed by atoms with E-state index < -0.39 is 5.82 Å². The third-order valence-corrected chi connectivity index (χ3v) is 4.93. The lowest BCUT2D eigenvalue weighted by atomic mass is 10.2. The zero-order chi connectivity index (χ0) is 19.2. The van der Waals surface area contributed by atoms with Crippen LogP contribution in [0.25, 0.3) is 0 Å². The molecule has 0 saturated carbocycles. The van der Waals surface area contributed by atoms with E-state index in [0.29, 0.717) is 28.6 Å². The zero-order valence-corrected chi connectivity index (χ0v) is 17.0. The third kappa shape index (κ3) is 4.93. The lowest BCUT2D eigenvalue weighted by molar-refractivity contribution is 0.278. The van der Waals surface area contributed by atoms with Gasteiger partial charge < -0.3 is 14.8 Å². The fourth-order valence-corrected chi connectivity index (χ4v) is 3.41. The lowest BCUT2D eigenvalue weighted by Gasteiger charge is -2.16. The van der Waals surface area contributed by atoms with Crippen LogP contribution < -0.4 is 14.8 Å². The molecule has 0 spiro atoms. The van der Waals surface area contributed by atoms with Gasteiger partial charge >= 0.3 is 0 Å². The molecule has 3 aromatic carbocycles. The standard InChI is InChI=1S/C21H18BrClFNO2/c1-26-20-11-14(12-25-15-6-3-2-4-7-15)10-17(22)21(20)27-13-16-18(23)8-5-9-19(16)24/h2-11,25H,12-13H2,1H3. The molecule has 1 N–H and O–H groups in total. The summed E-state index contributed by atoms with van der Waals surface area (Å²) in [5.41, 5.74) is 2.35. The molecule has 0 amide bonds. The van der Waals surface area contributed by atoms with Crippen molar-refractivity contribution in [3.63, 3.8) is 0 Å². The van der Waals surface area contributed by atoms with E-state index in [1.165, 1.54) is 6.07 Å². The van der Waals surface area contributed by atoms with Crippen LogP contribution in [0.1, 0.15) is 11.1 Å². The fraction of sp³-hybridized carbons (Fsp3) is 0.143. The summed E-state index contributed by atoms with van der Waals surface area (Å²) < 4.78 is 25.9. The minimum Gasteiger partial charge on any atom is -0.493 e. The first kappa shape index (κ1) is 19.5. The van der Waals surface area contributed by atoms with Crippen molar-refractivity contribution in [3.05, 3.63) is 87.1 Å². The van der Waals surface area contributed by atoms with E-state index in [4.69, 9.17) is 21.1 Å². The van der Waals surface area contributed by atoms with E-state index in [1.807, 2.05) is 42.5 Å². The number of hydrogen-bond acceptors (Lipinski definition) is 3. The SMILES string of the molecule is COc1cc(CNc2ccccc2)cc(Br)c1OCc1c(F)cccc1Cl. The van der Waals surface area contributed by atoms with Gasteiger partial charge in [0.1, 0.15) is 12.4 Å². The maximum atomic E-state index is 13.9. The van der Waals surface area contributed by atoms with Crippen LogP contribution >= 0.6 is 27.5 Å². The van der Waals surface area contributed by atoms with Crippen molar-refractivity contribution in [2.45, 2.75) is 13.2 Å². The van der Waals surface area contributed by atoms with Gasteiger partial charge in [0, 0.05) is 17.8 Å². The van der Waals surface area contributed by atoms with Gasteiger partial charge in [0.2, 0.25) is 0 Å². The fourth-order valence-electron chi connectivity index (χ4n) is 2.59. The van der Waals surface area contributed by atoms with Crippen molar-refractivity contribution in [1.29, 1.82) is 0 Å². The molecule has 0 aliphatic heterocycles. The first-order valence-corrected chi connectivity index (χ1v) is 9.46. The van der Waals surface area contributed by atoms with E-state index in [9.17, 15) is 4.39 Å². The van der Waals surface area contributed by atoms with Gasteiger partial charge in [0.05, 0.1) is 16.6 Å². The maximum Gasteiger partial charge on any atom is 0.175 e. The zero-order valence-electron chi connectivity index (χ0n) is 14.6. The Hall–Kier alpha value is -2.24. The molecule has 0 saturated heterocycles. The number of halogens is 3. The Labute approximate surface area is 171 Å². The highest BCUT2D eigenvalue weighted by molar-refractivity contribution is 9.10. The maximum absolute atomic E-state index is 13.9. The summed E-state index contributed by atoms with van der Waals surface area (Å²) in [4.78, 5) is 0. The first-order valence-electron chi connectivity index (χ1n) is 8.29. The molecule has 0 heterocycles. The van der Waals surface area contributed by atoms with Crippen molar-refractivity contribution >= 4 is 33.2 Å². The average molecular weight is 451 g/mol. The molecular formula is C21H18BrClFNO2. The normalized spacial score (nSPS) is 10.5. The third-order valence-electron chi connectivity index (χ3n) is 3.98. The summed E-state index contributed by atoms with van der Waals surface area (Å²) in [6, 6.07) is 18.3. The Kier molecular flexibility index (Phi) is 6.58. The highest BCUT2D eigenvalue weighted by Gasteiger charge is 2.14. The van der Waals surface area contributed by atoms with Gasteiger partial charge in [-0.15, -0.1) is 0 Å². The van der Waals surface area contributed by atoms with Gasteiger partial charge in [-0.3, -0.25) is 0 Å². The molecule has 0 aliphatic carbocycles. The summed E-state index contributed by atoms with van der Waals surface area (Å²) in [7, 11) is 1.57. The van der Waals surface area contributed by atoms with Crippen LogP contribution in [0.3, 0.4) is 0 Å².